The molecule has 0 spiro atoms. The van der Waals surface area contributed by atoms with Crippen molar-refractivity contribution in [2.45, 2.75) is 33.9 Å². The first-order valence-electron chi connectivity index (χ1n) is 9.10. The van der Waals surface area contributed by atoms with Gasteiger partial charge in [0.15, 0.2) is 11.7 Å². The summed E-state index contributed by atoms with van der Waals surface area (Å²) in [5.41, 5.74) is 5.14. The van der Waals surface area contributed by atoms with Crippen molar-refractivity contribution in [3.05, 3.63) is 59.0 Å². The third-order valence-electron chi connectivity index (χ3n) is 4.45. The van der Waals surface area contributed by atoms with Crippen LogP contribution in [-0.2, 0) is 20.1 Å². The predicted octanol–water partition coefficient (Wildman–Crippen LogP) is 3.57. The van der Waals surface area contributed by atoms with Crippen molar-refractivity contribution in [2.75, 3.05) is 6.54 Å². The monoisotopic (exact) mass is 494 g/mol. The maximum Gasteiger partial charge on any atom is 0.191 e. The van der Waals surface area contributed by atoms with Crippen LogP contribution in [0.25, 0.3) is 11.3 Å². The zero-order valence-electron chi connectivity index (χ0n) is 16.7. The fraction of sp³-hybridized carbons (Fsp3) is 0.350. The Hall–Kier alpha value is -2.36. The molecule has 150 valence electrons. The fourth-order valence-electron chi connectivity index (χ4n) is 2.85. The number of rotatable bonds is 6. The number of aromatic nitrogens is 3. The SMILES string of the molecule is CCNC(=NCc1c(C)nn(C)c1C)NCc1cc(-c2ccccc2)on1.I. The van der Waals surface area contributed by atoms with Gasteiger partial charge in [0.05, 0.1) is 18.8 Å². The first-order chi connectivity index (χ1) is 13.1. The molecule has 0 bridgehead atoms. The molecule has 2 N–H and O–H groups in total. The number of benzene rings is 1. The summed E-state index contributed by atoms with van der Waals surface area (Å²) in [5, 5.41) is 15.2. The molecular weight excluding hydrogens is 467 g/mol. The summed E-state index contributed by atoms with van der Waals surface area (Å²) < 4.78 is 7.34. The second-order valence-electron chi connectivity index (χ2n) is 6.37. The Morgan fingerprint density at radius 1 is 1.18 bits per heavy atom. The molecule has 0 fully saturated rings. The lowest BCUT2D eigenvalue weighted by Crippen LogP contribution is -2.36. The van der Waals surface area contributed by atoms with E-state index in [1.807, 2.05) is 62.0 Å². The van der Waals surface area contributed by atoms with Crippen LogP contribution >= 0.6 is 24.0 Å². The Balaban J connectivity index is 0.00000280. The summed E-state index contributed by atoms with van der Waals surface area (Å²) in [5.74, 6) is 1.50. The average Bonchev–Trinajstić information content (AvgIpc) is 3.24. The van der Waals surface area contributed by atoms with Gasteiger partial charge in [-0.25, -0.2) is 4.99 Å². The number of hydrogen-bond acceptors (Lipinski definition) is 4. The number of hydrogen-bond donors (Lipinski definition) is 2. The topological polar surface area (TPSA) is 80.3 Å². The van der Waals surface area contributed by atoms with Crippen molar-refractivity contribution in [1.82, 2.24) is 25.6 Å². The molecule has 0 saturated carbocycles. The van der Waals surface area contributed by atoms with Gasteiger partial charge in [-0.3, -0.25) is 4.68 Å². The van der Waals surface area contributed by atoms with Crippen molar-refractivity contribution >= 4 is 29.9 Å². The van der Waals surface area contributed by atoms with Crippen LogP contribution in [0.3, 0.4) is 0 Å². The molecule has 3 aromatic rings. The highest BCUT2D eigenvalue weighted by atomic mass is 127. The van der Waals surface area contributed by atoms with Gasteiger partial charge in [0, 0.05) is 36.5 Å². The molecule has 0 saturated heterocycles. The minimum atomic E-state index is 0. The van der Waals surface area contributed by atoms with Crippen LogP contribution in [-0.4, -0.2) is 27.4 Å². The maximum atomic E-state index is 5.45. The van der Waals surface area contributed by atoms with Crippen LogP contribution in [0.4, 0.5) is 0 Å². The highest BCUT2D eigenvalue weighted by Gasteiger charge is 2.10. The lowest BCUT2D eigenvalue weighted by molar-refractivity contribution is 0.422. The summed E-state index contributed by atoms with van der Waals surface area (Å²) >= 11 is 0. The van der Waals surface area contributed by atoms with E-state index < -0.39 is 0 Å². The van der Waals surface area contributed by atoms with Crippen molar-refractivity contribution < 1.29 is 4.52 Å². The number of aryl methyl sites for hydroxylation is 2. The van der Waals surface area contributed by atoms with Gasteiger partial charge in [-0.2, -0.15) is 5.10 Å². The average molecular weight is 494 g/mol. The lowest BCUT2D eigenvalue weighted by atomic mass is 10.2. The number of nitrogens with zero attached hydrogens (tertiary/aromatic N) is 4. The van der Waals surface area contributed by atoms with E-state index >= 15 is 0 Å². The minimum absolute atomic E-state index is 0. The molecule has 7 nitrogen and oxygen atoms in total. The Bertz CT molecular complexity index is 916. The highest BCUT2D eigenvalue weighted by molar-refractivity contribution is 14.0. The van der Waals surface area contributed by atoms with Gasteiger partial charge in [-0.15, -0.1) is 24.0 Å². The zero-order valence-corrected chi connectivity index (χ0v) is 19.0. The number of nitrogens with one attached hydrogen (secondary N) is 2. The molecule has 0 amide bonds. The van der Waals surface area contributed by atoms with Gasteiger partial charge in [0.2, 0.25) is 0 Å². The summed E-state index contributed by atoms with van der Waals surface area (Å²) in [7, 11) is 1.95. The van der Waals surface area contributed by atoms with E-state index in [-0.39, 0.29) is 24.0 Å². The molecular formula is C20H27IN6O. The van der Waals surface area contributed by atoms with Crippen LogP contribution in [0.1, 0.15) is 29.6 Å². The number of halogens is 1. The normalized spacial score (nSPS) is 11.2. The predicted molar refractivity (Wildman–Crippen MR) is 122 cm³/mol. The second kappa shape index (κ2) is 10.3. The fourth-order valence-corrected chi connectivity index (χ4v) is 2.85. The van der Waals surface area contributed by atoms with Gasteiger partial charge in [-0.1, -0.05) is 35.5 Å². The van der Waals surface area contributed by atoms with E-state index in [0.29, 0.717) is 13.1 Å². The molecule has 3 rings (SSSR count). The standard InChI is InChI=1S/C20H26N6O.HI/c1-5-21-20(23-13-18-14(2)24-26(4)15(18)3)22-12-17-11-19(27-25-17)16-9-7-6-8-10-16;/h6-11H,5,12-13H2,1-4H3,(H2,21,22,23);1H. The number of guanidine groups is 1. The number of aliphatic imine (C=N–C) groups is 1. The maximum absolute atomic E-state index is 5.45. The van der Waals surface area contributed by atoms with Gasteiger partial charge in [0.1, 0.15) is 5.69 Å². The van der Waals surface area contributed by atoms with Gasteiger partial charge >= 0.3 is 0 Å². The van der Waals surface area contributed by atoms with Crippen molar-refractivity contribution in [1.29, 1.82) is 0 Å². The Morgan fingerprint density at radius 2 is 1.93 bits per heavy atom. The van der Waals surface area contributed by atoms with Crippen LogP contribution in [0.5, 0.6) is 0 Å². The molecule has 0 aliphatic carbocycles. The van der Waals surface area contributed by atoms with Crippen LogP contribution in [0.15, 0.2) is 45.9 Å². The summed E-state index contributed by atoms with van der Waals surface area (Å²) in [6.07, 6.45) is 0. The van der Waals surface area contributed by atoms with Crippen molar-refractivity contribution in [2.24, 2.45) is 12.0 Å². The third-order valence-corrected chi connectivity index (χ3v) is 4.45. The molecule has 0 aliphatic heterocycles. The first kappa shape index (κ1) is 21.9. The molecule has 0 radical (unpaired) electrons. The van der Waals surface area contributed by atoms with Gasteiger partial charge < -0.3 is 15.2 Å². The van der Waals surface area contributed by atoms with Crippen molar-refractivity contribution in [3.8, 4) is 11.3 Å². The quantitative estimate of drug-likeness (QED) is 0.311. The van der Waals surface area contributed by atoms with Gasteiger partial charge in [-0.05, 0) is 20.8 Å². The third kappa shape index (κ3) is 5.34. The Labute approximate surface area is 182 Å². The van der Waals surface area contributed by atoms with Crippen molar-refractivity contribution in [3.63, 3.8) is 0 Å². The van der Waals surface area contributed by atoms with Crippen LogP contribution in [0, 0.1) is 13.8 Å². The summed E-state index contributed by atoms with van der Waals surface area (Å²) in [6, 6.07) is 11.9. The minimum Gasteiger partial charge on any atom is -0.357 e. The molecule has 1 aromatic carbocycles. The molecule has 0 atom stereocenters. The molecule has 0 aliphatic rings. The first-order valence-corrected chi connectivity index (χ1v) is 9.10. The summed E-state index contributed by atoms with van der Waals surface area (Å²) in [6.45, 7) is 8.01. The van der Waals surface area contributed by atoms with E-state index in [1.54, 1.807) is 0 Å². The van der Waals surface area contributed by atoms with E-state index in [4.69, 9.17) is 4.52 Å². The summed E-state index contributed by atoms with van der Waals surface area (Å²) in [4.78, 5) is 4.68. The Kier molecular flexibility index (Phi) is 8.04. The van der Waals surface area contributed by atoms with Crippen LogP contribution in [0.2, 0.25) is 0 Å². The van der Waals surface area contributed by atoms with E-state index in [1.165, 1.54) is 0 Å². The molecule has 2 aromatic heterocycles. The highest BCUT2D eigenvalue weighted by Crippen LogP contribution is 2.19. The zero-order chi connectivity index (χ0) is 19.2. The molecule has 28 heavy (non-hydrogen) atoms. The molecule has 2 heterocycles. The smallest absolute Gasteiger partial charge is 0.191 e. The Morgan fingerprint density at radius 3 is 2.57 bits per heavy atom. The van der Waals surface area contributed by atoms with E-state index in [2.05, 4.69) is 32.8 Å². The van der Waals surface area contributed by atoms with E-state index in [0.717, 1.165) is 46.5 Å². The van der Waals surface area contributed by atoms with Crippen LogP contribution < -0.4 is 10.6 Å². The van der Waals surface area contributed by atoms with Gasteiger partial charge in [0.25, 0.3) is 0 Å². The molecule has 8 heteroatoms. The van der Waals surface area contributed by atoms with E-state index in [9.17, 15) is 0 Å². The molecule has 0 unspecified atom stereocenters. The lowest BCUT2D eigenvalue weighted by Gasteiger charge is -2.10. The largest absolute Gasteiger partial charge is 0.357 e. The second-order valence-corrected chi connectivity index (χ2v) is 6.37.